The Morgan fingerprint density at radius 2 is 1.82 bits per heavy atom. The largest absolute Gasteiger partial charge is 0.298 e. The lowest BCUT2D eigenvalue weighted by atomic mass is 10.6. The maximum atomic E-state index is 3.69. The van der Waals surface area contributed by atoms with Gasteiger partial charge in [-0.05, 0) is 14.1 Å². The zero-order chi connectivity index (χ0) is 8.69. The van der Waals surface area contributed by atoms with Crippen LogP contribution in [0, 0.1) is 12.0 Å². The predicted molar refractivity (Wildman–Crippen MR) is 44.9 cm³/mol. The molecule has 0 N–H and O–H groups in total. The van der Waals surface area contributed by atoms with Gasteiger partial charge in [-0.15, -0.1) is 0 Å². The Balaban J connectivity index is 3.55. The van der Waals surface area contributed by atoms with Crippen LogP contribution in [0.25, 0.3) is 0 Å². The predicted octanol–water partition coefficient (Wildman–Crippen LogP) is 0.438. The van der Waals surface area contributed by atoms with E-state index < -0.39 is 0 Å². The first kappa shape index (κ1) is 9.92. The van der Waals surface area contributed by atoms with Crippen LogP contribution in [-0.4, -0.2) is 44.6 Å². The maximum Gasteiger partial charge on any atom is 0.0616 e. The highest BCUT2D eigenvalue weighted by Crippen LogP contribution is 1.76. The highest BCUT2D eigenvalue weighted by Gasteiger charge is 1.79. The van der Waals surface area contributed by atoms with Crippen LogP contribution in [0.5, 0.6) is 0 Å². The molecule has 0 fully saturated rings. The van der Waals surface area contributed by atoms with E-state index >= 15 is 0 Å². The van der Waals surface area contributed by atoms with Gasteiger partial charge in [0.2, 0.25) is 0 Å². The lowest BCUT2D eigenvalue weighted by molar-refractivity contribution is 0.409. The van der Waals surface area contributed by atoms with Crippen molar-refractivity contribution in [3.63, 3.8) is 0 Å². The second-order valence-electron chi connectivity index (χ2n) is 2.56. The summed E-state index contributed by atoms with van der Waals surface area (Å²) in [6, 6.07) is 2.57. The van der Waals surface area contributed by atoms with Crippen molar-refractivity contribution in [3.05, 3.63) is 0 Å². The molecule has 0 aliphatic carbocycles. The average molecular weight is 154 g/mol. The van der Waals surface area contributed by atoms with Gasteiger partial charge in [0, 0.05) is 14.1 Å². The number of rotatable bonds is 2. The number of hydrogen-bond acceptors (Lipinski definition) is 3. The molecule has 0 radical (unpaired) electrons. The van der Waals surface area contributed by atoms with E-state index in [-0.39, 0.29) is 0 Å². The van der Waals surface area contributed by atoms with E-state index in [0.29, 0.717) is 6.54 Å². The van der Waals surface area contributed by atoms with E-state index in [1.54, 1.807) is 19.1 Å². The second-order valence-corrected chi connectivity index (χ2v) is 2.56. The lowest BCUT2D eigenvalue weighted by Crippen LogP contribution is -2.10. The van der Waals surface area contributed by atoms with Gasteiger partial charge in [-0.25, -0.2) is 0 Å². The minimum Gasteiger partial charge on any atom is -0.298 e. The van der Waals surface area contributed by atoms with Crippen molar-refractivity contribution in [1.82, 2.24) is 9.91 Å². The molecule has 4 heteroatoms. The lowest BCUT2D eigenvalue weighted by Gasteiger charge is -2.00. The van der Waals surface area contributed by atoms with Crippen molar-refractivity contribution in [2.75, 3.05) is 34.7 Å². The second kappa shape index (κ2) is 5.69. The normalized spacial score (nSPS) is 9.91. The molecule has 0 saturated carbocycles. The van der Waals surface area contributed by atoms with Gasteiger partial charge >= 0.3 is 0 Å². The van der Waals surface area contributed by atoms with Gasteiger partial charge in [-0.1, -0.05) is 16.3 Å². The van der Waals surface area contributed by atoms with Crippen molar-refractivity contribution in [3.8, 4) is 12.0 Å². The third-order valence-electron chi connectivity index (χ3n) is 0.748. The fraction of sp³-hybridized carbons (Fsp3) is 0.714. The Hall–Kier alpha value is -1.08. The Kier molecular flexibility index (Phi) is 5.13. The summed E-state index contributed by atoms with van der Waals surface area (Å²) in [5, 5.41) is 8.90. The molecule has 0 aromatic carbocycles. The summed E-state index contributed by atoms with van der Waals surface area (Å²) in [5.41, 5.74) is 0. The highest BCUT2D eigenvalue weighted by molar-refractivity contribution is 4.97. The fourth-order valence-electron chi connectivity index (χ4n) is 0.341. The SMILES string of the molecule is CN(C)CC#CN=NN(C)C. The molecule has 0 rings (SSSR count). The molecular formula is C7H14N4. The van der Waals surface area contributed by atoms with Crippen LogP contribution >= 0.6 is 0 Å². The molecule has 0 bridgehead atoms. The van der Waals surface area contributed by atoms with E-state index in [9.17, 15) is 0 Å². The van der Waals surface area contributed by atoms with Crippen LogP contribution in [0.2, 0.25) is 0 Å². The van der Waals surface area contributed by atoms with Gasteiger partial charge in [0.25, 0.3) is 0 Å². The van der Waals surface area contributed by atoms with Gasteiger partial charge in [0.05, 0.1) is 12.6 Å². The first-order valence-corrected chi connectivity index (χ1v) is 3.33. The monoisotopic (exact) mass is 154 g/mol. The molecule has 4 nitrogen and oxygen atoms in total. The van der Waals surface area contributed by atoms with Crippen LogP contribution in [0.15, 0.2) is 10.3 Å². The Morgan fingerprint density at radius 3 is 2.27 bits per heavy atom. The third kappa shape index (κ3) is 8.92. The summed E-state index contributed by atoms with van der Waals surface area (Å²) < 4.78 is 0. The third-order valence-corrected chi connectivity index (χ3v) is 0.748. The van der Waals surface area contributed by atoms with Crippen LogP contribution in [0.1, 0.15) is 0 Å². The molecule has 0 atom stereocenters. The number of hydrogen-bond donors (Lipinski definition) is 0. The molecule has 0 spiro atoms. The Bertz CT molecular complexity index is 173. The van der Waals surface area contributed by atoms with E-state index in [1.807, 2.05) is 19.0 Å². The first-order chi connectivity index (χ1) is 5.13. The molecule has 0 saturated heterocycles. The van der Waals surface area contributed by atoms with E-state index in [1.165, 1.54) is 0 Å². The van der Waals surface area contributed by atoms with E-state index in [0.717, 1.165) is 0 Å². The molecule has 0 aliphatic rings. The molecule has 0 amide bonds. The first-order valence-electron chi connectivity index (χ1n) is 3.33. The Morgan fingerprint density at radius 1 is 1.18 bits per heavy atom. The van der Waals surface area contributed by atoms with Gasteiger partial charge in [0.1, 0.15) is 0 Å². The van der Waals surface area contributed by atoms with Crippen molar-refractivity contribution in [2.45, 2.75) is 0 Å². The zero-order valence-electron chi connectivity index (χ0n) is 7.50. The summed E-state index contributed by atoms with van der Waals surface area (Å²) in [5.74, 6) is 2.83. The smallest absolute Gasteiger partial charge is 0.0616 e. The summed E-state index contributed by atoms with van der Waals surface area (Å²) in [6.45, 7) is 0.715. The van der Waals surface area contributed by atoms with Crippen molar-refractivity contribution >= 4 is 0 Å². The molecular weight excluding hydrogens is 140 g/mol. The van der Waals surface area contributed by atoms with Crippen LogP contribution in [-0.2, 0) is 0 Å². The summed E-state index contributed by atoms with van der Waals surface area (Å²) >= 11 is 0. The van der Waals surface area contributed by atoms with Gasteiger partial charge in [-0.2, -0.15) is 0 Å². The molecule has 0 aromatic heterocycles. The van der Waals surface area contributed by atoms with Crippen LogP contribution in [0.3, 0.4) is 0 Å². The van der Waals surface area contributed by atoms with Crippen molar-refractivity contribution < 1.29 is 0 Å². The number of nitrogens with zero attached hydrogens (tertiary/aromatic N) is 4. The molecule has 0 aliphatic heterocycles. The minimum absolute atomic E-state index is 0.715. The zero-order valence-corrected chi connectivity index (χ0v) is 7.50. The van der Waals surface area contributed by atoms with Gasteiger partial charge in [-0.3, -0.25) is 9.91 Å². The van der Waals surface area contributed by atoms with Crippen LogP contribution in [0.4, 0.5) is 0 Å². The van der Waals surface area contributed by atoms with E-state index in [2.05, 4.69) is 22.3 Å². The molecule has 0 heterocycles. The van der Waals surface area contributed by atoms with E-state index in [4.69, 9.17) is 0 Å². The highest BCUT2D eigenvalue weighted by atomic mass is 15.5. The average Bonchev–Trinajstić information content (AvgIpc) is 1.85. The molecule has 11 heavy (non-hydrogen) atoms. The van der Waals surface area contributed by atoms with Crippen molar-refractivity contribution in [2.24, 2.45) is 10.3 Å². The van der Waals surface area contributed by atoms with Gasteiger partial charge in [0.15, 0.2) is 0 Å². The molecule has 62 valence electrons. The summed E-state index contributed by atoms with van der Waals surface area (Å²) in [4.78, 5) is 1.97. The topological polar surface area (TPSA) is 31.2 Å². The summed E-state index contributed by atoms with van der Waals surface area (Å²) in [6.07, 6.45) is 0. The minimum atomic E-state index is 0.715. The fourth-order valence-corrected chi connectivity index (χ4v) is 0.341. The van der Waals surface area contributed by atoms with Gasteiger partial charge < -0.3 is 0 Å². The van der Waals surface area contributed by atoms with Crippen molar-refractivity contribution in [1.29, 1.82) is 0 Å². The maximum absolute atomic E-state index is 3.69. The Labute approximate surface area is 67.9 Å². The standard InChI is InChI=1S/C7H14N4/c1-10(2)7-5-6-8-9-11(3)4/h7H2,1-4H3. The van der Waals surface area contributed by atoms with Crippen LogP contribution < -0.4 is 0 Å². The molecule has 0 aromatic rings. The molecule has 0 unspecified atom stereocenters. The summed E-state index contributed by atoms with van der Waals surface area (Å²) in [7, 11) is 7.52. The quantitative estimate of drug-likeness (QED) is 0.328.